The van der Waals surface area contributed by atoms with Crippen LogP contribution in [-0.2, 0) is 0 Å². The van der Waals surface area contributed by atoms with Crippen molar-refractivity contribution in [1.29, 1.82) is 0 Å². The summed E-state index contributed by atoms with van der Waals surface area (Å²) in [5, 5.41) is 15.1. The monoisotopic (exact) mass is 325 g/mol. The predicted molar refractivity (Wildman–Crippen MR) is 96.0 cm³/mol. The van der Waals surface area contributed by atoms with Crippen LogP contribution in [0.2, 0.25) is 19.6 Å². The lowest BCUT2D eigenvalue weighted by molar-refractivity contribution is 0.194. The summed E-state index contributed by atoms with van der Waals surface area (Å²) in [6, 6.07) is 14.1. The number of nitrogen functional groups attached to an aromatic ring is 1. The summed E-state index contributed by atoms with van der Waals surface area (Å²) in [4.78, 5) is 11.2. The van der Waals surface area contributed by atoms with Crippen LogP contribution >= 0.6 is 0 Å². The third kappa shape index (κ3) is 2.73. The maximum Gasteiger partial charge on any atom is 0.432 e. The first-order valence-electron chi connectivity index (χ1n) is 7.40. The molecule has 0 saturated carbocycles. The molecule has 0 amide bonds. The molecule has 0 aliphatic heterocycles. The molecule has 0 radical (unpaired) electrons. The molecule has 0 unspecified atom stereocenters. The summed E-state index contributed by atoms with van der Waals surface area (Å²) in [6.07, 6.45) is -1.14. The minimum absolute atomic E-state index is 0.227. The van der Waals surface area contributed by atoms with Gasteiger partial charge in [-0.3, -0.25) is 0 Å². The van der Waals surface area contributed by atoms with E-state index in [1.165, 1.54) is 5.19 Å². The van der Waals surface area contributed by atoms with Gasteiger partial charge in [0.25, 0.3) is 0 Å². The average Bonchev–Trinajstić information content (AvgIpc) is 2.83. The zero-order valence-electron chi connectivity index (χ0n) is 13.4. The first-order valence-corrected chi connectivity index (χ1v) is 10.9. The zero-order chi connectivity index (χ0) is 16.8. The van der Waals surface area contributed by atoms with Crippen LogP contribution in [0.5, 0.6) is 0 Å². The summed E-state index contributed by atoms with van der Waals surface area (Å²) in [5.74, 6) is 0.227. The van der Waals surface area contributed by atoms with Gasteiger partial charge in [-0.1, -0.05) is 55.2 Å². The topological polar surface area (TPSA) is 81.1 Å². The van der Waals surface area contributed by atoms with Gasteiger partial charge in [0.1, 0.15) is 0 Å². The van der Waals surface area contributed by atoms with Gasteiger partial charge < -0.3 is 10.8 Å². The predicted octanol–water partition coefficient (Wildman–Crippen LogP) is 3.36. The van der Waals surface area contributed by atoms with Crippen LogP contribution in [0, 0.1) is 0 Å². The van der Waals surface area contributed by atoms with Crippen molar-refractivity contribution in [3.8, 4) is 11.1 Å². The maximum atomic E-state index is 11.2. The smallest absolute Gasteiger partial charge is 0.432 e. The number of anilines is 1. The Labute approximate surface area is 135 Å². The first-order chi connectivity index (χ1) is 10.8. The van der Waals surface area contributed by atoms with Crippen LogP contribution in [-0.4, -0.2) is 29.1 Å². The summed E-state index contributed by atoms with van der Waals surface area (Å²) in [6.45, 7) is 6.93. The molecule has 5 nitrogen and oxygen atoms in total. The van der Waals surface area contributed by atoms with E-state index in [-0.39, 0.29) is 5.82 Å². The number of hydrogen-bond acceptors (Lipinski definition) is 3. The van der Waals surface area contributed by atoms with Gasteiger partial charge in [-0.2, -0.15) is 4.68 Å². The van der Waals surface area contributed by atoms with Crippen LogP contribution in [0.15, 0.2) is 42.5 Å². The SMILES string of the molecule is C[Si](C)(C)c1cccc(-c2ccc3c(c2)c(N)nn3C(=O)O)c1. The zero-order valence-corrected chi connectivity index (χ0v) is 14.4. The number of carboxylic acid groups (broad SMARTS) is 1. The molecule has 0 saturated heterocycles. The van der Waals surface area contributed by atoms with E-state index in [2.05, 4.69) is 49.0 Å². The van der Waals surface area contributed by atoms with Gasteiger partial charge in [0.2, 0.25) is 0 Å². The highest BCUT2D eigenvalue weighted by Crippen LogP contribution is 2.27. The quantitative estimate of drug-likeness (QED) is 0.708. The third-order valence-electron chi connectivity index (χ3n) is 3.95. The van der Waals surface area contributed by atoms with Crippen LogP contribution in [0.4, 0.5) is 10.6 Å². The first kappa shape index (κ1) is 15.3. The number of nitrogens with zero attached hydrogens (tertiary/aromatic N) is 2. The van der Waals surface area contributed by atoms with E-state index in [4.69, 9.17) is 10.8 Å². The number of fused-ring (bicyclic) bond motifs is 1. The van der Waals surface area contributed by atoms with Gasteiger partial charge >= 0.3 is 6.09 Å². The number of hydrogen-bond donors (Lipinski definition) is 2. The fraction of sp³-hybridized carbons (Fsp3) is 0.176. The van der Waals surface area contributed by atoms with Gasteiger partial charge in [0, 0.05) is 5.39 Å². The molecule has 0 spiro atoms. The molecule has 2 aromatic carbocycles. The summed E-state index contributed by atoms with van der Waals surface area (Å²) in [7, 11) is -1.39. The van der Waals surface area contributed by atoms with Crippen LogP contribution in [0.25, 0.3) is 22.0 Å². The van der Waals surface area contributed by atoms with Crippen LogP contribution in [0.3, 0.4) is 0 Å². The van der Waals surface area contributed by atoms with E-state index in [1.54, 1.807) is 6.07 Å². The van der Waals surface area contributed by atoms with E-state index >= 15 is 0 Å². The van der Waals surface area contributed by atoms with E-state index in [9.17, 15) is 4.79 Å². The Kier molecular flexibility index (Phi) is 3.49. The molecule has 3 aromatic rings. The van der Waals surface area contributed by atoms with Gasteiger partial charge in [-0.05, 0) is 23.3 Å². The second-order valence-electron chi connectivity index (χ2n) is 6.64. The van der Waals surface area contributed by atoms with Gasteiger partial charge in [0.05, 0.1) is 13.6 Å². The number of carbonyl (C=O) groups is 1. The number of rotatable bonds is 2. The molecule has 1 heterocycles. The Balaban J connectivity index is 2.15. The maximum absolute atomic E-state index is 11.2. The Morgan fingerprint density at radius 3 is 2.48 bits per heavy atom. The Bertz CT molecular complexity index is 910. The highest BCUT2D eigenvalue weighted by atomic mass is 28.3. The van der Waals surface area contributed by atoms with Crippen molar-refractivity contribution in [2.75, 3.05) is 5.73 Å². The molecular formula is C17H19N3O2Si. The molecule has 1 aromatic heterocycles. The van der Waals surface area contributed by atoms with Crippen molar-refractivity contribution >= 4 is 36.1 Å². The van der Waals surface area contributed by atoms with Crippen LogP contribution in [0.1, 0.15) is 0 Å². The van der Waals surface area contributed by atoms with Crippen molar-refractivity contribution < 1.29 is 9.90 Å². The van der Waals surface area contributed by atoms with E-state index < -0.39 is 14.2 Å². The van der Waals surface area contributed by atoms with Gasteiger partial charge in [-0.25, -0.2) is 4.79 Å². The number of nitrogens with two attached hydrogens (primary N) is 1. The van der Waals surface area contributed by atoms with E-state index in [0.717, 1.165) is 15.8 Å². The Morgan fingerprint density at radius 1 is 1.13 bits per heavy atom. The lowest BCUT2D eigenvalue weighted by Gasteiger charge is -2.17. The fourth-order valence-electron chi connectivity index (χ4n) is 2.63. The minimum Gasteiger partial charge on any atom is -0.463 e. The van der Waals surface area contributed by atoms with Gasteiger partial charge in [0.15, 0.2) is 5.82 Å². The summed E-state index contributed by atoms with van der Waals surface area (Å²) < 4.78 is 0.910. The lowest BCUT2D eigenvalue weighted by atomic mass is 10.0. The average molecular weight is 325 g/mol. The van der Waals surface area contributed by atoms with E-state index in [0.29, 0.717) is 10.9 Å². The van der Waals surface area contributed by atoms with Crippen LogP contribution < -0.4 is 10.9 Å². The Hall–Kier alpha value is -2.60. The fourth-order valence-corrected chi connectivity index (χ4v) is 3.82. The molecule has 6 heteroatoms. The van der Waals surface area contributed by atoms with Crippen molar-refractivity contribution in [3.63, 3.8) is 0 Å². The van der Waals surface area contributed by atoms with Crippen molar-refractivity contribution in [3.05, 3.63) is 42.5 Å². The minimum atomic E-state index is -1.39. The number of aromatic nitrogens is 2. The second kappa shape index (κ2) is 5.24. The Morgan fingerprint density at radius 2 is 1.83 bits per heavy atom. The standard InChI is InChI=1S/C17H19N3O2Si/c1-23(2,3)13-6-4-5-11(9-13)12-7-8-15-14(10-12)16(18)19-20(15)17(21)22/h4-10H,1-3H3,(H2,18,19)(H,21,22). The van der Waals surface area contributed by atoms with Gasteiger partial charge in [-0.15, -0.1) is 5.10 Å². The molecule has 0 aliphatic rings. The molecule has 0 bridgehead atoms. The van der Waals surface area contributed by atoms with E-state index in [1.807, 2.05) is 12.1 Å². The normalized spacial score (nSPS) is 11.8. The molecule has 3 rings (SSSR count). The second-order valence-corrected chi connectivity index (χ2v) is 11.7. The number of benzene rings is 2. The third-order valence-corrected chi connectivity index (χ3v) is 5.99. The molecule has 0 fully saturated rings. The largest absolute Gasteiger partial charge is 0.463 e. The molecule has 23 heavy (non-hydrogen) atoms. The molecular weight excluding hydrogens is 306 g/mol. The summed E-state index contributed by atoms with van der Waals surface area (Å²) >= 11 is 0. The molecule has 0 atom stereocenters. The summed E-state index contributed by atoms with van der Waals surface area (Å²) in [5.41, 5.74) is 8.49. The highest BCUT2D eigenvalue weighted by Gasteiger charge is 2.17. The molecule has 3 N–H and O–H groups in total. The van der Waals surface area contributed by atoms with Crippen molar-refractivity contribution in [2.45, 2.75) is 19.6 Å². The highest BCUT2D eigenvalue weighted by molar-refractivity contribution is 6.88. The lowest BCUT2D eigenvalue weighted by Crippen LogP contribution is -2.37. The molecule has 0 aliphatic carbocycles. The van der Waals surface area contributed by atoms with Crippen molar-refractivity contribution in [1.82, 2.24) is 9.78 Å². The van der Waals surface area contributed by atoms with Crippen molar-refractivity contribution in [2.24, 2.45) is 0 Å². The molecule has 118 valence electrons.